The number of rotatable bonds is 9. The van der Waals surface area contributed by atoms with Crippen LogP contribution in [0.5, 0.6) is 0 Å². The Morgan fingerprint density at radius 1 is 1.22 bits per heavy atom. The Morgan fingerprint density at radius 3 is 2.72 bits per heavy atom. The highest BCUT2D eigenvalue weighted by molar-refractivity contribution is 4.77. The van der Waals surface area contributed by atoms with Crippen molar-refractivity contribution in [3.63, 3.8) is 0 Å². The maximum atomic E-state index is 5.49. The monoisotopic (exact) mass is 256 g/mol. The molecule has 18 heavy (non-hydrogen) atoms. The molecule has 0 aromatic rings. The van der Waals surface area contributed by atoms with E-state index in [9.17, 15) is 0 Å². The third-order valence-corrected chi connectivity index (χ3v) is 3.70. The first-order valence-electron chi connectivity index (χ1n) is 7.79. The Morgan fingerprint density at radius 2 is 2.06 bits per heavy atom. The zero-order valence-corrected chi connectivity index (χ0v) is 12.5. The van der Waals surface area contributed by atoms with Crippen molar-refractivity contribution in [2.24, 2.45) is 0 Å². The molecule has 1 aliphatic rings. The summed E-state index contributed by atoms with van der Waals surface area (Å²) in [5.74, 6) is 0. The number of nitrogens with one attached hydrogen (secondary N) is 2. The average molecular weight is 256 g/mol. The van der Waals surface area contributed by atoms with Crippen molar-refractivity contribution in [2.45, 2.75) is 77.4 Å². The lowest BCUT2D eigenvalue weighted by molar-refractivity contribution is 0.0708. The van der Waals surface area contributed by atoms with E-state index < -0.39 is 0 Å². The minimum absolute atomic E-state index is 0.536. The standard InChI is InChI=1S/C15H32N2O/c1-4-5-6-7-8-13(2)17-14(3)11-15-12-18-10-9-16-15/h13-17H,4-12H2,1-3H3. The summed E-state index contributed by atoms with van der Waals surface area (Å²) in [6.45, 7) is 9.61. The molecule has 0 spiro atoms. The molecule has 0 amide bonds. The second-order valence-electron chi connectivity index (χ2n) is 5.78. The van der Waals surface area contributed by atoms with Gasteiger partial charge in [0.2, 0.25) is 0 Å². The van der Waals surface area contributed by atoms with E-state index in [0.717, 1.165) is 19.8 Å². The van der Waals surface area contributed by atoms with Crippen LogP contribution in [0.3, 0.4) is 0 Å². The van der Waals surface area contributed by atoms with Gasteiger partial charge in [0, 0.05) is 24.7 Å². The Hall–Kier alpha value is -0.120. The number of ether oxygens (including phenoxy) is 1. The average Bonchev–Trinajstić information content (AvgIpc) is 2.35. The molecule has 1 fully saturated rings. The number of unbranched alkanes of at least 4 members (excludes halogenated alkanes) is 3. The van der Waals surface area contributed by atoms with E-state index in [4.69, 9.17) is 4.74 Å². The lowest BCUT2D eigenvalue weighted by Crippen LogP contribution is -2.46. The SMILES string of the molecule is CCCCCCC(C)NC(C)CC1COCCN1. The molecule has 3 atom stereocenters. The molecule has 0 radical (unpaired) electrons. The molecular formula is C15H32N2O. The molecule has 2 N–H and O–H groups in total. The van der Waals surface area contributed by atoms with Crippen LogP contribution in [0.15, 0.2) is 0 Å². The van der Waals surface area contributed by atoms with Crippen LogP contribution in [0.1, 0.15) is 59.3 Å². The predicted molar refractivity (Wildman–Crippen MR) is 78.0 cm³/mol. The number of hydrogen-bond acceptors (Lipinski definition) is 3. The van der Waals surface area contributed by atoms with E-state index >= 15 is 0 Å². The van der Waals surface area contributed by atoms with Crippen LogP contribution in [0.2, 0.25) is 0 Å². The van der Waals surface area contributed by atoms with Crippen LogP contribution in [-0.2, 0) is 4.74 Å². The van der Waals surface area contributed by atoms with E-state index in [0.29, 0.717) is 18.1 Å². The predicted octanol–water partition coefficient (Wildman–Crippen LogP) is 2.70. The molecule has 3 heteroatoms. The maximum absolute atomic E-state index is 5.49. The largest absolute Gasteiger partial charge is 0.379 e. The fourth-order valence-corrected chi connectivity index (χ4v) is 2.71. The third kappa shape index (κ3) is 7.34. The topological polar surface area (TPSA) is 33.3 Å². The van der Waals surface area contributed by atoms with Crippen molar-refractivity contribution in [1.29, 1.82) is 0 Å². The minimum atomic E-state index is 0.536. The van der Waals surface area contributed by atoms with Gasteiger partial charge in [0.1, 0.15) is 0 Å². The van der Waals surface area contributed by atoms with E-state index in [2.05, 4.69) is 31.4 Å². The van der Waals surface area contributed by atoms with Crippen LogP contribution < -0.4 is 10.6 Å². The summed E-state index contributed by atoms with van der Waals surface area (Å²) >= 11 is 0. The van der Waals surface area contributed by atoms with Gasteiger partial charge in [-0.2, -0.15) is 0 Å². The van der Waals surface area contributed by atoms with Crippen molar-refractivity contribution in [2.75, 3.05) is 19.8 Å². The third-order valence-electron chi connectivity index (χ3n) is 3.70. The zero-order chi connectivity index (χ0) is 13.2. The highest BCUT2D eigenvalue weighted by Gasteiger charge is 2.17. The molecule has 1 heterocycles. The Balaban J connectivity index is 2.04. The van der Waals surface area contributed by atoms with Crippen molar-refractivity contribution >= 4 is 0 Å². The molecular weight excluding hydrogens is 224 g/mol. The second kappa shape index (κ2) is 9.76. The summed E-state index contributed by atoms with van der Waals surface area (Å²) in [5.41, 5.74) is 0. The lowest BCUT2D eigenvalue weighted by atomic mass is 10.0. The van der Waals surface area contributed by atoms with E-state index in [1.807, 2.05) is 0 Å². The van der Waals surface area contributed by atoms with Crippen LogP contribution in [0.25, 0.3) is 0 Å². The molecule has 3 unspecified atom stereocenters. The Kier molecular flexibility index (Phi) is 8.64. The second-order valence-corrected chi connectivity index (χ2v) is 5.78. The molecule has 1 rings (SSSR count). The molecule has 0 saturated carbocycles. The van der Waals surface area contributed by atoms with Crippen molar-refractivity contribution in [3.05, 3.63) is 0 Å². The summed E-state index contributed by atoms with van der Waals surface area (Å²) < 4.78 is 5.49. The van der Waals surface area contributed by atoms with Crippen LogP contribution in [0, 0.1) is 0 Å². The molecule has 0 aliphatic carbocycles. The van der Waals surface area contributed by atoms with Crippen LogP contribution in [-0.4, -0.2) is 37.9 Å². The minimum Gasteiger partial charge on any atom is -0.379 e. The molecule has 0 bridgehead atoms. The maximum Gasteiger partial charge on any atom is 0.0620 e. The van der Waals surface area contributed by atoms with Crippen molar-refractivity contribution in [3.8, 4) is 0 Å². The number of hydrogen-bond donors (Lipinski definition) is 2. The molecule has 1 aliphatic heterocycles. The number of morpholine rings is 1. The van der Waals surface area contributed by atoms with Crippen LogP contribution in [0.4, 0.5) is 0 Å². The van der Waals surface area contributed by atoms with Gasteiger partial charge in [0.25, 0.3) is 0 Å². The van der Waals surface area contributed by atoms with Gasteiger partial charge in [-0.15, -0.1) is 0 Å². The van der Waals surface area contributed by atoms with Crippen molar-refractivity contribution < 1.29 is 4.74 Å². The fourth-order valence-electron chi connectivity index (χ4n) is 2.71. The van der Waals surface area contributed by atoms with Crippen molar-refractivity contribution in [1.82, 2.24) is 10.6 Å². The van der Waals surface area contributed by atoms with E-state index in [-0.39, 0.29) is 0 Å². The van der Waals surface area contributed by atoms with Crippen LogP contribution >= 0.6 is 0 Å². The summed E-state index contributed by atoms with van der Waals surface area (Å²) in [6.07, 6.45) is 7.92. The first-order chi connectivity index (χ1) is 8.72. The Bertz CT molecular complexity index is 193. The summed E-state index contributed by atoms with van der Waals surface area (Å²) in [4.78, 5) is 0. The van der Waals surface area contributed by atoms with Gasteiger partial charge in [-0.05, 0) is 26.7 Å². The summed E-state index contributed by atoms with van der Waals surface area (Å²) in [6, 6.07) is 1.75. The molecule has 0 aromatic heterocycles. The highest BCUT2D eigenvalue weighted by atomic mass is 16.5. The highest BCUT2D eigenvalue weighted by Crippen LogP contribution is 2.08. The Labute approximate surface area is 113 Å². The van der Waals surface area contributed by atoms with E-state index in [1.165, 1.54) is 38.5 Å². The molecule has 1 saturated heterocycles. The van der Waals surface area contributed by atoms with Gasteiger partial charge in [-0.3, -0.25) is 0 Å². The summed E-state index contributed by atoms with van der Waals surface area (Å²) in [5, 5.41) is 7.23. The smallest absolute Gasteiger partial charge is 0.0620 e. The normalized spacial score (nSPS) is 23.8. The summed E-state index contributed by atoms with van der Waals surface area (Å²) in [7, 11) is 0. The first kappa shape index (κ1) is 15.9. The van der Waals surface area contributed by atoms with Gasteiger partial charge in [0.05, 0.1) is 13.2 Å². The quantitative estimate of drug-likeness (QED) is 0.622. The van der Waals surface area contributed by atoms with Gasteiger partial charge in [-0.25, -0.2) is 0 Å². The van der Waals surface area contributed by atoms with Gasteiger partial charge < -0.3 is 15.4 Å². The molecule has 0 aromatic carbocycles. The van der Waals surface area contributed by atoms with Gasteiger partial charge in [-0.1, -0.05) is 32.6 Å². The zero-order valence-electron chi connectivity index (χ0n) is 12.5. The molecule has 3 nitrogen and oxygen atoms in total. The first-order valence-corrected chi connectivity index (χ1v) is 7.79. The fraction of sp³-hybridized carbons (Fsp3) is 1.00. The van der Waals surface area contributed by atoms with Gasteiger partial charge in [0.15, 0.2) is 0 Å². The van der Waals surface area contributed by atoms with E-state index in [1.54, 1.807) is 0 Å². The van der Waals surface area contributed by atoms with Gasteiger partial charge >= 0.3 is 0 Å². The lowest BCUT2D eigenvalue weighted by Gasteiger charge is -2.28. The molecule has 108 valence electrons.